The standard InChI is InChI=1S/C15H28N2/c1-13-6-8-14(9-7-13)10-12-17-15-5-3-2-4-11-16-15/h13-14H,2-12H2,1H3,(H,16,17). The summed E-state index contributed by atoms with van der Waals surface area (Å²) in [6.45, 7) is 4.59. The van der Waals surface area contributed by atoms with Crippen molar-refractivity contribution in [1.29, 1.82) is 0 Å². The smallest absolute Gasteiger partial charge is 0.0963 e. The SMILES string of the molecule is CC1CCC(CCNC2=NCCCCC2)CC1. The molecule has 0 amide bonds. The monoisotopic (exact) mass is 236 g/mol. The zero-order chi connectivity index (χ0) is 11.9. The predicted octanol–water partition coefficient (Wildman–Crippen LogP) is 3.76. The molecule has 17 heavy (non-hydrogen) atoms. The van der Waals surface area contributed by atoms with Gasteiger partial charge in [-0.15, -0.1) is 0 Å². The van der Waals surface area contributed by atoms with E-state index in [2.05, 4.69) is 17.2 Å². The van der Waals surface area contributed by atoms with E-state index in [1.807, 2.05) is 0 Å². The van der Waals surface area contributed by atoms with Crippen molar-refractivity contribution in [3.8, 4) is 0 Å². The Hall–Kier alpha value is -0.530. The van der Waals surface area contributed by atoms with Gasteiger partial charge in [0, 0.05) is 19.5 Å². The molecule has 1 aliphatic carbocycles. The first kappa shape index (κ1) is 12.9. The summed E-state index contributed by atoms with van der Waals surface area (Å²) in [5.74, 6) is 3.24. The Morgan fingerprint density at radius 2 is 1.94 bits per heavy atom. The molecule has 1 N–H and O–H groups in total. The van der Waals surface area contributed by atoms with Crippen LogP contribution in [0, 0.1) is 11.8 Å². The summed E-state index contributed by atoms with van der Waals surface area (Å²) in [6, 6.07) is 0. The molecular weight excluding hydrogens is 208 g/mol. The fourth-order valence-corrected chi connectivity index (χ4v) is 3.06. The maximum atomic E-state index is 4.62. The van der Waals surface area contributed by atoms with Gasteiger partial charge in [-0.25, -0.2) is 0 Å². The molecule has 1 aliphatic heterocycles. The zero-order valence-electron chi connectivity index (χ0n) is 11.4. The van der Waals surface area contributed by atoms with Crippen molar-refractivity contribution in [2.24, 2.45) is 16.8 Å². The highest BCUT2D eigenvalue weighted by Crippen LogP contribution is 2.29. The van der Waals surface area contributed by atoms with Gasteiger partial charge in [0.1, 0.15) is 0 Å². The van der Waals surface area contributed by atoms with Crippen molar-refractivity contribution in [2.45, 2.75) is 64.7 Å². The lowest BCUT2D eigenvalue weighted by molar-refractivity contribution is 0.278. The molecule has 0 radical (unpaired) electrons. The highest BCUT2D eigenvalue weighted by molar-refractivity contribution is 5.82. The number of nitrogens with one attached hydrogen (secondary N) is 1. The first-order valence-electron chi connectivity index (χ1n) is 7.62. The molecule has 0 aromatic carbocycles. The largest absolute Gasteiger partial charge is 0.374 e. The van der Waals surface area contributed by atoms with Crippen LogP contribution in [0.3, 0.4) is 0 Å². The number of aliphatic imine (C=N–C) groups is 1. The lowest BCUT2D eigenvalue weighted by Crippen LogP contribution is -2.26. The third-order valence-corrected chi connectivity index (χ3v) is 4.39. The Morgan fingerprint density at radius 1 is 1.12 bits per heavy atom. The first-order chi connectivity index (χ1) is 8.34. The topological polar surface area (TPSA) is 24.4 Å². The second-order valence-corrected chi connectivity index (χ2v) is 5.98. The lowest BCUT2D eigenvalue weighted by atomic mass is 9.81. The average Bonchev–Trinajstić information content (AvgIpc) is 2.60. The third kappa shape index (κ3) is 4.69. The van der Waals surface area contributed by atoms with E-state index in [-0.39, 0.29) is 0 Å². The number of hydrogen-bond acceptors (Lipinski definition) is 2. The maximum absolute atomic E-state index is 4.62. The average molecular weight is 236 g/mol. The number of nitrogens with zero attached hydrogens (tertiary/aromatic N) is 1. The van der Waals surface area contributed by atoms with E-state index in [0.29, 0.717) is 0 Å². The number of rotatable bonds is 3. The maximum Gasteiger partial charge on any atom is 0.0963 e. The van der Waals surface area contributed by atoms with Crippen LogP contribution in [0.2, 0.25) is 0 Å². The second-order valence-electron chi connectivity index (χ2n) is 5.98. The first-order valence-corrected chi connectivity index (χ1v) is 7.62. The van der Waals surface area contributed by atoms with Gasteiger partial charge in [-0.1, -0.05) is 39.0 Å². The van der Waals surface area contributed by atoms with Crippen LogP contribution in [0.25, 0.3) is 0 Å². The van der Waals surface area contributed by atoms with Crippen LogP contribution in [0.5, 0.6) is 0 Å². The Morgan fingerprint density at radius 3 is 2.76 bits per heavy atom. The van der Waals surface area contributed by atoms with Crippen LogP contribution in [0.1, 0.15) is 64.7 Å². The molecule has 0 spiro atoms. The van der Waals surface area contributed by atoms with Gasteiger partial charge >= 0.3 is 0 Å². The van der Waals surface area contributed by atoms with Crippen LogP contribution in [-0.2, 0) is 0 Å². The predicted molar refractivity (Wildman–Crippen MR) is 74.5 cm³/mol. The summed E-state index contributed by atoms with van der Waals surface area (Å²) in [5, 5.41) is 3.57. The molecular formula is C15H28N2. The van der Waals surface area contributed by atoms with E-state index in [1.54, 1.807) is 0 Å². The Labute approximate surface area is 106 Å². The number of hydrogen-bond donors (Lipinski definition) is 1. The molecule has 98 valence electrons. The molecule has 2 rings (SSSR count). The molecule has 1 saturated carbocycles. The fourth-order valence-electron chi connectivity index (χ4n) is 3.06. The summed E-state index contributed by atoms with van der Waals surface area (Å²) in [6.07, 6.45) is 12.3. The van der Waals surface area contributed by atoms with Gasteiger partial charge in [-0.3, -0.25) is 4.99 Å². The Bertz CT molecular complexity index is 239. The van der Waals surface area contributed by atoms with Crippen molar-refractivity contribution < 1.29 is 0 Å². The minimum atomic E-state index is 0.977. The van der Waals surface area contributed by atoms with E-state index in [1.165, 1.54) is 63.6 Å². The van der Waals surface area contributed by atoms with E-state index in [0.717, 1.165) is 24.9 Å². The van der Waals surface area contributed by atoms with E-state index in [9.17, 15) is 0 Å². The molecule has 0 atom stereocenters. The molecule has 1 heterocycles. The summed E-state index contributed by atoms with van der Waals surface area (Å²) in [4.78, 5) is 4.62. The molecule has 2 nitrogen and oxygen atoms in total. The summed E-state index contributed by atoms with van der Waals surface area (Å²) < 4.78 is 0. The van der Waals surface area contributed by atoms with E-state index in [4.69, 9.17) is 0 Å². The molecule has 2 heteroatoms. The van der Waals surface area contributed by atoms with Gasteiger partial charge in [-0.2, -0.15) is 0 Å². The zero-order valence-corrected chi connectivity index (χ0v) is 11.4. The van der Waals surface area contributed by atoms with Crippen molar-refractivity contribution in [3.05, 3.63) is 0 Å². The molecule has 0 aromatic rings. The second kappa shape index (κ2) is 7.03. The molecule has 0 aromatic heterocycles. The molecule has 2 aliphatic rings. The summed E-state index contributed by atoms with van der Waals surface area (Å²) >= 11 is 0. The van der Waals surface area contributed by atoms with Crippen LogP contribution in [-0.4, -0.2) is 18.9 Å². The van der Waals surface area contributed by atoms with Gasteiger partial charge in [0.15, 0.2) is 0 Å². The van der Waals surface area contributed by atoms with Crippen LogP contribution >= 0.6 is 0 Å². The number of amidine groups is 1. The lowest BCUT2D eigenvalue weighted by Gasteiger charge is -2.26. The normalized spacial score (nSPS) is 30.5. The van der Waals surface area contributed by atoms with E-state index < -0.39 is 0 Å². The Kier molecular flexibility index (Phi) is 5.34. The molecule has 0 unspecified atom stereocenters. The van der Waals surface area contributed by atoms with E-state index >= 15 is 0 Å². The van der Waals surface area contributed by atoms with Gasteiger partial charge in [0.25, 0.3) is 0 Å². The fraction of sp³-hybridized carbons (Fsp3) is 0.933. The van der Waals surface area contributed by atoms with Crippen molar-refractivity contribution in [2.75, 3.05) is 13.1 Å². The highest BCUT2D eigenvalue weighted by atomic mass is 15.0. The van der Waals surface area contributed by atoms with Gasteiger partial charge < -0.3 is 5.32 Å². The summed E-state index contributed by atoms with van der Waals surface area (Å²) in [7, 11) is 0. The van der Waals surface area contributed by atoms with Crippen molar-refractivity contribution >= 4 is 5.84 Å². The van der Waals surface area contributed by atoms with Gasteiger partial charge in [0.2, 0.25) is 0 Å². The minimum Gasteiger partial charge on any atom is -0.374 e. The van der Waals surface area contributed by atoms with Crippen LogP contribution in [0.15, 0.2) is 4.99 Å². The molecule has 0 saturated heterocycles. The Balaban J connectivity index is 1.60. The summed E-state index contributed by atoms with van der Waals surface area (Å²) in [5.41, 5.74) is 0. The molecule has 0 bridgehead atoms. The van der Waals surface area contributed by atoms with Gasteiger partial charge in [0.05, 0.1) is 5.84 Å². The minimum absolute atomic E-state index is 0.977. The van der Waals surface area contributed by atoms with Crippen LogP contribution < -0.4 is 5.32 Å². The van der Waals surface area contributed by atoms with Gasteiger partial charge in [-0.05, 0) is 31.1 Å². The third-order valence-electron chi connectivity index (χ3n) is 4.39. The highest BCUT2D eigenvalue weighted by Gasteiger charge is 2.17. The van der Waals surface area contributed by atoms with Crippen molar-refractivity contribution in [3.63, 3.8) is 0 Å². The van der Waals surface area contributed by atoms with Crippen molar-refractivity contribution in [1.82, 2.24) is 5.32 Å². The van der Waals surface area contributed by atoms with Crippen LogP contribution in [0.4, 0.5) is 0 Å². The molecule has 1 fully saturated rings. The quantitative estimate of drug-likeness (QED) is 0.792.